The van der Waals surface area contributed by atoms with Crippen LogP contribution in [0.15, 0.2) is 36.5 Å². The Kier molecular flexibility index (Phi) is 3.15. The van der Waals surface area contributed by atoms with Gasteiger partial charge in [-0.05, 0) is 25.5 Å². The van der Waals surface area contributed by atoms with E-state index >= 15 is 0 Å². The number of hydrogen-bond donors (Lipinski definition) is 1. The number of nitrogens with one attached hydrogen (secondary N) is 1. The highest BCUT2D eigenvalue weighted by molar-refractivity contribution is 5.90. The van der Waals surface area contributed by atoms with Crippen LogP contribution in [0, 0.1) is 5.92 Å². The third kappa shape index (κ3) is 2.18. The van der Waals surface area contributed by atoms with Gasteiger partial charge >= 0.3 is 0 Å². The molecule has 0 saturated carbocycles. The molecule has 1 saturated heterocycles. The van der Waals surface area contributed by atoms with Crippen LogP contribution in [0.2, 0.25) is 0 Å². The van der Waals surface area contributed by atoms with E-state index in [-0.39, 0.29) is 0 Å². The topological polar surface area (TPSA) is 34.2 Å². The molecule has 1 fully saturated rings. The zero-order chi connectivity index (χ0) is 12.4. The lowest BCUT2D eigenvalue weighted by Crippen LogP contribution is -2.26. The summed E-state index contributed by atoms with van der Waals surface area (Å²) < 4.78 is 5.45. The molecule has 0 spiro atoms. The van der Waals surface area contributed by atoms with Gasteiger partial charge in [-0.15, -0.1) is 0 Å². The summed E-state index contributed by atoms with van der Waals surface area (Å²) >= 11 is 0. The average molecular weight is 242 g/mol. The second-order valence-corrected chi connectivity index (χ2v) is 4.93. The van der Waals surface area contributed by atoms with E-state index in [0.29, 0.717) is 12.0 Å². The van der Waals surface area contributed by atoms with Crippen molar-refractivity contribution in [2.24, 2.45) is 5.92 Å². The number of rotatable bonds is 3. The van der Waals surface area contributed by atoms with Crippen molar-refractivity contribution in [3.8, 4) is 0 Å². The number of anilines is 1. The minimum absolute atomic E-state index is 0.429. The van der Waals surface area contributed by atoms with Crippen LogP contribution in [0.25, 0.3) is 10.9 Å². The van der Waals surface area contributed by atoms with Crippen LogP contribution in [-0.2, 0) is 4.74 Å². The number of fused-ring (bicyclic) bond motifs is 1. The van der Waals surface area contributed by atoms with Gasteiger partial charge in [-0.2, -0.15) is 0 Å². The van der Waals surface area contributed by atoms with Crippen molar-refractivity contribution in [3.63, 3.8) is 0 Å². The third-order valence-electron chi connectivity index (χ3n) is 3.70. The predicted molar refractivity (Wildman–Crippen MR) is 73.8 cm³/mol. The number of nitrogens with zero attached hydrogens (tertiary/aromatic N) is 1. The van der Waals surface area contributed by atoms with Crippen molar-refractivity contribution >= 4 is 16.6 Å². The molecule has 3 rings (SSSR count). The molecule has 0 amide bonds. The third-order valence-corrected chi connectivity index (χ3v) is 3.70. The van der Waals surface area contributed by atoms with E-state index in [1.54, 1.807) is 0 Å². The molecule has 2 unspecified atom stereocenters. The SMILES string of the molecule is CC(Nc1ccnc2ccccc12)C1CCOC1. The second-order valence-electron chi connectivity index (χ2n) is 4.93. The number of pyridine rings is 1. The highest BCUT2D eigenvalue weighted by atomic mass is 16.5. The van der Waals surface area contributed by atoms with Gasteiger partial charge in [0.25, 0.3) is 0 Å². The maximum absolute atomic E-state index is 5.45. The molecule has 1 aromatic heterocycles. The number of aromatic nitrogens is 1. The second kappa shape index (κ2) is 4.94. The predicted octanol–water partition coefficient (Wildman–Crippen LogP) is 3.07. The molecule has 1 aliphatic rings. The fourth-order valence-electron chi connectivity index (χ4n) is 2.53. The number of benzene rings is 1. The van der Waals surface area contributed by atoms with E-state index in [4.69, 9.17) is 4.74 Å². The molecule has 94 valence electrons. The molecular formula is C15H18N2O. The first kappa shape index (κ1) is 11.5. The molecule has 1 aromatic carbocycles. The average Bonchev–Trinajstić information content (AvgIpc) is 2.93. The Morgan fingerprint density at radius 1 is 1.33 bits per heavy atom. The molecule has 0 aliphatic carbocycles. The molecule has 2 atom stereocenters. The fraction of sp³-hybridized carbons (Fsp3) is 0.400. The van der Waals surface area contributed by atoms with E-state index < -0.39 is 0 Å². The van der Waals surface area contributed by atoms with Crippen molar-refractivity contribution in [3.05, 3.63) is 36.5 Å². The molecular weight excluding hydrogens is 224 g/mol. The molecule has 3 heteroatoms. The van der Waals surface area contributed by atoms with E-state index in [1.807, 2.05) is 18.3 Å². The molecule has 1 aliphatic heterocycles. The van der Waals surface area contributed by atoms with Crippen LogP contribution in [0.4, 0.5) is 5.69 Å². The first-order valence-electron chi connectivity index (χ1n) is 6.52. The minimum atomic E-state index is 0.429. The molecule has 1 N–H and O–H groups in total. The van der Waals surface area contributed by atoms with E-state index in [1.165, 1.54) is 11.1 Å². The molecule has 0 radical (unpaired) electrons. The first-order valence-corrected chi connectivity index (χ1v) is 6.52. The van der Waals surface area contributed by atoms with Crippen molar-refractivity contribution in [1.29, 1.82) is 0 Å². The van der Waals surface area contributed by atoms with Crippen LogP contribution < -0.4 is 5.32 Å². The maximum atomic E-state index is 5.45. The van der Waals surface area contributed by atoms with Crippen molar-refractivity contribution in [1.82, 2.24) is 4.98 Å². The van der Waals surface area contributed by atoms with Gasteiger partial charge in [0, 0.05) is 35.8 Å². The zero-order valence-electron chi connectivity index (χ0n) is 10.6. The number of hydrogen-bond acceptors (Lipinski definition) is 3. The Morgan fingerprint density at radius 3 is 3.06 bits per heavy atom. The smallest absolute Gasteiger partial charge is 0.0722 e. The highest BCUT2D eigenvalue weighted by Crippen LogP contribution is 2.25. The Labute approximate surface area is 107 Å². The molecule has 0 bridgehead atoms. The molecule has 2 heterocycles. The Balaban J connectivity index is 1.85. The maximum Gasteiger partial charge on any atom is 0.0722 e. The van der Waals surface area contributed by atoms with Crippen LogP contribution in [-0.4, -0.2) is 24.2 Å². The quantitative estimate of drug-likeness (QED) is 0.898. The van der Waals surface area contributed by atoms with Gasteiger partial charge in [0.05, 0.1) is 12.1 Å². The Bertz CT molecular complexity index is 530. The van der Waals surface area contributed by atoms with Gasteiger partial charge in [0.1, 0.15) is 0 Å². The van der Waals surface area contributed by atoms with E-state index in [0.717, 1.165) is 25.2 Å². The number of ether oxygens (including phenoxy) is 1. The lowest BCUT2D eigenvalue weighted by Gasteiger charge is -2.21. The van der Waals surface area contributed by atoms with Gasteiger partial charge in [-0.25, -0.2) is 0 Å². The summed E-state index contributed by atoms with van der Waals surface area (Å²) in [7, 11) is 0. The van der Waals surface area contributed by atoms with E-state index in [9.17, 15) is 0 Å². The molecule has 3 nitrogen and oxygen atoms in total. The summed E-state index contributed by atoms with van der Waals surface area (Å²) in [5.41, 5.74) is 2.21. The normalized spacial score (nSPS) is 21.1. The van der Waals surface area contributed by atoms with Gasteiger partial charge in [0.2, 0.25) is 0 Å². The fourth-order valence-corrected chi connectivity index (χ4v) is 2.53. The summed E-state index contributed by atoms with van der Waals surface area (Å²) in [6.07, 6.45) is 3.01. The van der Waals surface area contributed by atoms with Gasteiger partial charge in [-0.3, -0.25) is 4.98 Å². The molecule has 2 aromatic rings. The summed E-state index contributed by atoms with van der Waals surface area (Å²) in [5.74, 6) is 0.608. The standard InChI is InChI=1S/C15H18N2O/c1-11(12-7-9-18-10-12)17-15-6-8-16-14-5-3-2-4-13(14)15/h2-6,8,11-12H,7,9-10H2,1H3,(H,16,17). The van der Waals surface area contributed by atoms with Crippen LogP contribution >= 0.6 is 0 Å². The first-order chi connectivity index (χ1) is 8.84. The summed E-state index contributed by atoms with van der Waals surface area (Å²) in [5, 5.41) is 4.79. The monoisotopic (exact) mass is 242 g/mol. The summed E-state index contributed by atoms with van der Waals surface area (Å²) in [4.78, 5) is 4.38. The van der Waals surface area contributed by atoms with Crippen molar-refractivity contribution in [2.75, 3.05) is 18.5 Å². The van der Waals surface area contributed by atoms with Crippen LogP contribution in [0.5, 0.6) is 0 Å². The van der Waals surface area contributed by atoms with Crippen LogP contribution in [0.3, 0.4) is 0 Å². The largest absolute Gasteiger partial charge is 0.382 e. The molecule has 18 heavy (non-hydrogen) atoms. The summed E-state index contributed by atoms with van der Waals surface area (Å²) in [6, 6.07) is 10.7. The summed E-state index contributed by atoms with van der Waals surface area (Å²) in [6.45, 7) is 4.00. The minimum Gasteiger partial charge on any atom is -0.382 e. The Hall–Kier alpha value is -1.61. The van der Waals surface area contributed by atoms with Gasteiger partial charge in [-0.1, -0.05) is 18.2 Å². The zero-order valence-corrected chi connectivity index (χ0v) is 10.6. The number of para-hydroxylation sites is 1. The van der Waals surface area contributed by atoms with Gasteiger partial charge in [0.15, 0.2) is 0 Å². The van der Waals surface area contributed by atoms with Crippen molar-refractivity contribution < 1.29 is 4.74 Å². The highest BCUT2D eigenvalue weighted by Gasteiger charge is 2.22. The van der Waals surface area contributed by atoms with Crippen molar-refractivity contribution in [2.45, 2.75) is 19.4 Å². The lowest BCUT2D eigenvalue weighted by molar-refractivity contribution is 0.183. The Morgan fingerprint density at radius 2 is 2.22 bits per heavy atom. The lowest BCUT2D eigenvalue weighted by atomic mass is 10.00. The van der Waals surface area contributed by atoms with Gasteiger partial charge < -0.3 is 10.1 Å². The van der Waals surface area contributed by atoms with E-state index in [2.05, 4.69) is 35.4 Å². The van der Waals surface area contributed by atoms with Crippen LogP contribution in [0.1, 0.15) is 13.3 Å².